The number of hydrogen-bond acceptors (Lipinski definition) is 6. The maximum atomic E-state index is 12.2. The molecule has 1 atom stereocenters. The molecule has 1 N–H and O–H groups in total. The molecule has 0 aliphatic rings. The minimum Gasteiger partial charge on any atom is -0.490 e. The summed E-state index contributed by atoms with van der Waals surface area (Å²) in [6, 6.07) is 13.4. The number of nitrogens with one attached hydrogen (secondary N) is 1. The van der Waals surface area contributed by atoms with Crippen molar-refractivity contribution in [2.75, 3.05) is 18.5 Å². The Morgan fingerprint density at radius 2 is 1.86 bits per heavy atom. The van der Waals surface area contributed by atoms with Crippen molar-refractivity contribution in [3.05, 3.63) is 53.1 Å². The van der Waals surface area contributed by atoms with Crippen LogP contribution in [0.15, 0.2) is 42.5 Å². The Morgan fingerprint density at radius 3 is 2.48 bits per heavy atom. The molecule has 29 heavy (non-hydrogen) atoms. The molecule has 152 valence electrons. The van der Waals surface area contributed by atoms with E-state index in [-0.39, 0.29) is 11.6 Å². The summed E-state index contributed by atoms with van der Waals surface area (Å²) in [5.74, 6) is -0.283. The average Bonchev–Trinajstić information content (AvgIpc) is 2.71. The number of carbonyl (C=O) groups is 2. The second-order valence-electron chi connectivity index (χ2n) is 6.01. The van der Waals surface area contributed by atoms with Gasteiger partial charge in [-0.1, -0.05) is 30.7 Å². The van der Waals surface area contributed by atoms with Gasteiger partial charge < -0.3 is 19.5 Å². The first-order valence-corrected chi connectivity index (χ1v) is 9.37. The Morgan fingerprint density at radius 1 is 1.17 bits per heavy atom. The molecule has 7 nitrogen and oxygen atoms in total. The molecule has 0 heterocycles. The molecule has 0 spiro atoms. The van der Waals surface area contributed by atoms with Gasteiger partial charge >= 0.3 is 5.97 Å². The summed E-state index contributed by atoms with van der Waals surface area (Å²) in [5.41, 5.74) is 0.685. The van der Waals surface area contributed by atoms with Gasteiger partial charge in [-0.15, -0.1) is 0 Å². The summed E-state index contributed by atoms with van der Waals surface area (Å²) in [6.07, 6.45) is -0.208. The molecule has 0 aromatic heterocycles. The lowest BCUT2D eigenvalue weighted by atomic mass is 10.2. The number of para-hydroxylation sites is 2. The van der Waals surface area contributed by atoms with Crippen molar-refractivity contribution >= 4 is 29.2 Å². The van der Waals surface area contributed by atoms with Crippen LogP contribution in [0.1, 0.15) is 25.8 Å². The number of esters is 1. The lowest BCUT2D eigenvalue weighted by Gasteiger charge is -2.15. The number of nitriles is 1. The van der Waals surface area contributed by atoms with Crippen molar-refractivity contribution in [3.63, 3.8) is 0 Å². The van der Waals surface area contributed by atoms with E-state index in [4.69, 9.17) is 31.1 Å². The van der Waals surface area contributed by atoms with E-state index in [1.54, 1.807) is 24.3 Å². The van der Waals surface area contributed by atoms with Gasteiger partial charge in [0, 0.05) is 5.69 Å². The van der Waals surface area contributed by atoms with Gasteiger partial charge in [-0.25, -0.2) is 4.79 Å². The van der Waals surface area contributed by atoms with Gasteiger partial charge in [0.05, 0.1) is 17.2 Å². The quantitative estimate of drug-likeness (QED) is 0.621. The minimum atomic E-state index is -1.05. The second-order valence-corrected chi connectivity index (χ2v) is 6.42. The standard InChI is InChI=1S/C21H21ClN2O5/c1-3-10-27-18-6-4-5-7-19(18)28-13-20(25)29-14(2)21(26)24-16-9-8-15(12-23)17(22)11-16/h4-9,11,14H,3,10,13H2,1-2H3,(H,24,26)/t14-/m0/s1. The number of nitrogens with zero attached hydrogens (tertiary/aromatic N) is 1. The van der Waals surface area contributed by atoms with Gasteiger partial charge in [-0.2, -0.15) is 5.26 Å². The Balaban J connectivity index is 1.86. The third kappa shape index (κ3) is 6.70. The Labute approximate surface area is 174 Å². The Hall–Kier alpha value is -3.24. The first kappa shape index (κ1) is 22.1. The molecule has 0 aliphatic heterocycles. The predicted octanol–water partition coefficient (Wildman–Crippen LogP) is 3.95. The number of benzene rings is 2. The molecule has 0 fully saturated rings. The molecular formula is C21H21ClN2O5. The van der Waals surface area contributed by atoms with Gasteiger partial charge in [0.2, 0.25) is 0 Å². The van der Waals surface area contributed by atoms with E-state index < -0.39 is 18.0 Å². The van der Waals surface area contributed by atoms with Crippen LogP contribution in [0.3, 0.4) is 0 Å². The number of rotatable bonds is 9. The summed E-state index contributed by atoms with van der Waals surface area (Å²) >= 11 is 5.93. The fourth-order valence-corrected chi connectivity index (χ4v) is 2.47. The van der Waals surface area contributed by atoms with E-state index in [9.17, 15) is 9.59 Å². The number of halogens is 1. The average molecular weight is 417 g/mol. The summed E-state index contributed by atoms with van der Waals surface area (Å²) < 4.78 is 16.1. The number of hydrogen-bond donors (Lipinski definition) is 1. The van der Waals surface area contributed by atoms with Crippen LogP contribution in [-0.2, 0) is 14.3 Å². The van der Waals surface area contributed by atoms with Gasteiger partial charge in [-0.3, -0.25) is 4.79 Å². The molecule has 2 aromatic rings. The van der Waals surface area contributed by atoms with Crippen molar-refractivity contribution in [1.82, 2.24) is 0 Å². The normalized spacial score (nSPS) is 11.1. The monoisotopic (exact) mass is 416 g/mol. The fraction of sp³-hybridized carbons (Fsp3) is 0.286. The number of anilines is 1. The molecule has 1 amide bonds. The van der Waals surface area contributed by atoms with E-state index >= 15 is 0 Å². The highest BCUT2D eigenvalue weighted by molar-refractivity contribution is 6.32. The molecular weight excluding hydrogens is 396 g/mol. The van der Waals surface area contributed by atoms with Gasteiger partial charge in [0.15, 0.2) is 24.2 Å². The molecule has 0 radical (unpaired) electrons. The van der Waals surface area contributed by atoms with Crippen molar-refractivity contribution in [2.45, 2.75) is 26.4 Å². The van der Waals surface area contributed by atoms with Crippen molar-refractivity contribution in [3.8, 4) is 17.6 Å². The molecule has 8 heteroatoms. The molecule has 0 unspecified atom stereocenters. The van der Waals surface area contributed by atoms with Crippen LogP contribution in [-0.4, -0.2) is 31.2 Å². The third-order valence-corrected chi connectivity index (χ3v) is 4.00. The van der Waals surface area contributed by atoms with Crippen LogP contribution in [0.2, 0.25) is 5.02 Å². The first-order chi connectivity index (χ1) is 13.9. The van der Waals surface area contributed by atoms with Gasteiger partial charge in [0.1, 0.15) is 6.07 Å². The summed E-state index contributed by atoms with van der Waals surface area (Å²) in [4.78, 5) is 24.2. The number of ether oxygens (including phenoxy) is 3. The van der Waals surface area contributed by atoms with Crippen LogP contribution in [0.5, 0.6) is 11.5 Å². The molecule has 0 saturated heterocycles. The second kappa shape index (κ2) is 10.9. The molecule has 0 aliphatic carbocycles. The van der Waals surface area contributed by atoms with Crippen LogP contribution >= 0.6 is 11.6 Å². The third-order valence-electron chi connectivity index (χ3n) is 3.69. The van der Waals surface area contributed by atoms with Crippen LogP contribution < -0.4 is 14.8 Å². The Kier molecular flexibility index (Phi) is 8.31. The highest BCUT2D eigenvalue weighted by atomic mass is 35.5. The van der Waals surface area contributed by atoms with Gasteiger partial charge in [0.25, 0.3) is 5.91 Å². The molecule has 2 rings (SSSR count). The van der Waals surface area contributed by atoms with E-state index in [0.717, 1.165) is 6.42 Å². The van der Waals surface area contributed by atoms with E-state index in [0.29, 0.717) is 29.4 Å². The largest absolute Gasteiger partial charge is 0.490 e. The topological polar surface area (TPSA) is 97.7 Å². The highest BCUT2D eigenvalue weighted by Gasteiger charge is 2.19. The van der Waals surface area contributed by atoms with Crippen LogP contribution in [0.25, 0.3) is 0 Å². The van der Waals surface area contributed by atoms with Crippen molar-refractivity contribution in [1.29, 1.82) is 5.26 Å². The van der Waals surface area contributed by atoms with Crippen LogP contribution in [0, 0.1) is 11.3 Å². The maximum Gasteiger partial charge on any atom is 0.344 e. The SMILES string of the molecule is CCCOc1ccccc1OCC(=O)O[C@@H](C)C(=O)Nc1ccc(C#N)c(Cl)c1. The lowest BCUT2D eigenvalue weighted by molar-refractivity contribution is -0.155. The fourth-order valence-electron chi connectivity index (χ4n) is 2.25. The van der Waals surface area contributed by atoms with Crippen LogP contribution in [0.4, 0.5) is 5.69 Å². The number of amides is 1. The summed E-state index contributed by atoms with van der Waals surface area (Å²) in [5, 5.41) is 11.7. The smallest absolute Gasteiger partial charge is 0.344 e. The zero-order valence-corrected chi connectivity index (χ0v) is 16.9. The Bertz CT molecular complexity index is 910. The zero-order valence-electron chi connectivity index (χ0n) is 16.1. The lowest BCUT2D eigenvalue weighted by Crippen LogP contribution is -2.31. The first-order valence-electron chi connectivity index (χ1n) is 8.99. The van der Waals surface area contributed by atoms with Crippen molar-refractivity contribution in [2.24, 2.45) is 0 Å². The maximum absolute atomic E-state index is 12.2. The summed E-state index contributed by atoms with van der Waals surface area (Å²) in [7, 11) is 0. The molecule has 2 aromatic carbocycles. The van der Waals surface area contributed by atoms with Crippen molar-refractivity contribution < 1.29 is 23.8 Å². The van der Waals surface area contributed by atoms with Gasteiger partial charge in [-0.05, 0) is 43.7 Å². The number of carbonyl (C=O) groups excluding carboxylic acids is 2. The van der Waals surface area contributed by atoms with E-state index in [2.05, 4.69) is 5.32 Å². The highest BCUT2D eigenvalue weighted by Crippen LogP contribution is 2.26. The molecule has 0 bridgehead atoms. The summed E-state index contributed by atoms with van der Waals surface area (Å²) in [6.45, 7) is 3.59. The predicted molar refractivity (Wildman–Crippen MR) is 108 cm³/mol. The molecule has 0 saturated carbocycles. The minimum absolute atomic E-state index is 0.215. The van der Waals surface area contributed by atoms with E-state index in [1.807, 2.05) is 13.0 Å². The van der Waals surface area contributed by atoms with E-state index in [1.165, 1.54) is 25.1 Å². The zero-order chi connectivity index (χ0) is 21.2.